The van der Waals surface area contributed by atoms with Crippen LogP contribution in [0.1, 0.15) is 37.9 Å². The number of nitrogens with zero attached hydrogens (tertiary/aromatic N) is 2. The molecular formula is C25H30ClFN2O4. The molecule has 178 valence electrons. The van der Waals surface area contributed by atoms with Crippen LogP contribution >= 0.6 is 11.6 Å². The summed E-state index contributed by atoms with van der Waals surface area (Å²) in [5.41, 5.74) is 1.20. The zero-order valence-corrected chi connectivity index (χ0v) is 20.0. The van der Waals surface area contributed by atoms with Gasteiger partial charge in [0.15, 0.2) is 0 Å². The lowest BCUT2D eigenvalue weighted by molar-refractivity contribution is -0.0691. The lowest BCUT2D eigenvalue weighted by Crippen LogP contribution is -2.54. The van der Waals surface area contributed by atoms with Crippen molar-refractivity contribution in [1.82, 2.24) is 9.80 Å². The molecule has 0 bridgehead atoms. The van der Waals surface area contributed by atoms with Gasteiger partial charge in [0.05, 0.1) is 12.6 Å². The van der Waals surface area contributed by atoms with Gasteiger partial charge in [0.1, 0.15) is 29.9 Å². The molecule has 2 heterocycles. The topological polar surface area (TPSA) is 51.2 Å². The van der Waals surface area contributed by atoms with Gasteiger partial charge in [-0.1, -0.05) is 29.8 Å². The van der Waals surface area contributed by atoms with Gasteiger partial charge in [-0.05, 0) is 50.6 Å². The summed E-state index contributed by atoms with van der Waals surface area (Å²) in [7, 11) is 0. The average molecular weight is 477 g/mol. The molecule has 0 spiro atoms. The molecule has 2 aromatic rings. The first-order valence-electron chi connectivity index (χ1n) is 11.2. The van der Waals surface area contributed by atoms with E-state index in [4.69, 9.17) is 25.8 Å². The third kappa shape index (κ3) is 5.96. The van der Waals surface area contributed by atoms with Crippen molar-refractivity contribution in [3.05, 3.63) is 64.4 Å². The molecule has 8 heteroatoms. The van der Waals surface area contributed by atoms with Gasteiger partial charge in [0.2, 0.25) is 0 Å². The third-order valence-corrected chi connectivity index (χ3v) is 5.96. The van der Waals surface area contributed by atoms with Crippen LogP contribution in [0.2, 0.25) is 5.02 Å². The van der Waals surface area contributed by atoms with Crippen LogP contribution in [0, 0.1) is 5.82 Å². The fourth-order valence-electron chi connectivity index (χ4n) is 4.30. The largest absolute Gasteiger partial charge is 0.490 e. The Hall–Kier alpha value is -2.35. The fourth-order valence-corrected chi connectivity index (χ4v) is 4.54. The summed E-state index contributed by atoms with van der Waals surface area (Å²) in [5, 5.41) is 0.341. The van der Waals surface area contributed by atoms with Crippen LogP contribution in [0.15, 0.2) is 42.5 Å². The quantitative estimate of drug-likeness (QED) is 0.618. The van der Waals surface area contributed by atoms with Gasteiger partial charge < -0.3 is 19.1 Å². The number of para-hydroxylation sites is 1. The van der Waals surface area contributed by atoms with Crippen LogP contribution < -0.4 is 4.74 Å². The number of piperazine rings is 1. The van der Waals surface area contributed by atoms with E-state index in [0.29, 0.717) is 43.4 Å². The second-order valence-electron chi connectivity index (χ2n) is 9.42. The molecule has 1 saturated heterocycles. The lowest BCUT2D eigenvalue weighted by Gasteiger charge is -2.44. The summed E-state index contributed by atoms with van der Waals surface area (Å²) in [5.74, 6) is 0.451. The zero-order valence-electron chi connectivity index (χ0n) is 19.2. The summed E-state index contributed by atoms with van der Waals surface area (Å²) in [6.07, 6.45) is -0.541. The summed E-state index contributed by atoms with van der Waals surface area (Å²) >= 11 is 6.00. The highest BCUT2D eigenvalue weighted by atomic mass is 35.5. The number of carbonyl (C=O) groups excluding carboxylic acids is 1. The number of rotatable bonds is 4. The Balaban J connectivity index is 1.47. The second kappa shape index (κ2) is 9.87. The van der Waals surface area contributed by atoms with Crippen LogP contribution in [-0.4, -0.2) is 60.4 Å². The van der Waals surface area contributed by atoms with E-state index in [2.05, 4.69) is 11.0 Å². The number of halogens is 2. The minimum absolute atomic E-state index is 0.0419. The van der Waals surface area contributed by atoms with Crippen molar-refractivity contribution in [2.45, 2.75) is 45.1 Å². The van der Waals surface area contributed by atoms with Crippen molar-refractivity contribution in [3.63, 3.8) is 0 Å². The Morgan fingerprint density at radius 1 is 1.15 bits per heavy atom. The molecule has 2 aromatic carbocycles. The zero-order chi connectivity index (χ0) is 23.6. The SMILES string of the molecule is CC(C)(C)OC(=O)N1CCN([C@@H]2c3ccccc3OC[C@H]2OCc2cc(F)cc(Cl)c2)CC1. The van der Waals surface area contributed by atoms with Crippen molar-refractivity contribution >= 4 is 17.7 Å². The number of hydrogen-bond donors (Lipinski definition) is 0. The summed E-state index contributed by atoms with van der Waals surface area (Å²) in [6, 6.07) is 12.3. The van der Waals surface area contributed by atoms with Gasteiger partial charge in [-0.2, -0.15) is 0 Å². The normalized spacial score (nSPS) is 21.3. The molecule has 2 aliphatic rings. The van der Waals surface area contributed by atoms with Crippen LogP contribution in [0.3, 0.4) is 0 Å². The number of benzene rings is 2. The minimum atomic E-state index is -0.521. The van der Waals surface area contributed by atoms with Crippen LogP contribution in [0.25, 0.3) is 0 Å². The maximum atomic E-state index is 13.7. The van der Waals surface area contributed by atoms with Crippen LogP contribution in [0.5, 0.6) is 5.75 Å². The molecule has 0 radical (unpaired) electrons. The summed E-state index contributed by atoms with van der Waals surface area (Å²) < 4.78 is 31.5. The van der Waals surface area contributed by atoms with Crippen molar-refractivity contribution in [2.75, 3.05) is 32.8 Å². The Morgan fingerprint density at radius 2 is 1.88 bits per heavy atom. The van der Waals surface area contributed by atoms with E-state index in [1.54, 1.807) is 11.0 Å². The van der Waals surface area contributed by atoms with Gasteiger partial charge >= 0.3 is 6.09 Å². The molecule has 6 nitrogen and oxygen atoms in total. The molecule has 1 fully saturated rings. The highest BCUT2D eigenvalue weighted by Crippen LogP contribution is 2.38. The van der Waals surface area contributed by atoms with Crippen molar-refractivity contribution < 1.29 is 23.4 Å². The van der Waals surface area contributed by atoms with Crippen molar-refractivity contribution in [1.29, 1.82) is 0 Å². The first-order valence-corrected chi connectivity index (χ1v) is 11.6. The number of fused-ring (bicyclic) bond motifs is 1. The average Bonchev–Trinajstić information content (AvgIpc) is 2.75. The van der Waals surface area contributed by atoms with E-state index in [9.17, 15) is 9.18 Å². The summed E-state index contributed by atoms with van der Waals surface area (Å²) in [4.78, 5) is 16.5. The monoisotopic (exact) mass is 476 g/mol. The van der Waals surface area contributed by atoms with Crippen LogP contribution in [0.4, 0.5) is 9.18 Å². The molecule has 0 aliphatic carbocycles. The Morgan fingerprint density at radius 3 is 2.58 bits per heavy atom. The molecule has 2 aliphatic heterocycles. The van der Waals surface area contributed by atoms with E-state index in [1.165, 1.54) is 12.1 Å². The van der Waals surface area contributed by atoms with Crippen molar-refractivity contribution in [3.8, 4) is 5.75 Å². The number of hydrogen-bond acceptors (Lipinski definition) is 5. The van der Waals surface area contributed by atoms with E-state index >= 15 is 0 Å². The van der Waals surface area contributed by atoms with E-state index < -0.39 is 5.60 Å². The van der Waals surface area contributed by atoms with Gasteiger partial charge in [-0.15, -0.1) is 0 Å². The number of amides is 1. The number of carbonyl (C=O) groups is 1. The maximum absolute atomic E-state index is 13.7. The number of ether oxygens (including phenoxy) is 3. The van der Waals surface area contributed by atoms with Crippen molar-refractivity contribution in [2.24, 2.45) is 0 Å². The molecule has 0 N–H and O–H groups in total. The Kier molecular flexibility index (Phi) is 7.12. The van der Waals surface area contributed by atoms with E-state index in [0.717, 1.165) is 11.3 Å². The molecule has 0 unspecified atom stereocenters. The highest BCUT2D eigenvalue weighted by molar-refractivity contribution is 6.30. The Labute approximate surface area is 199 Å². The molecular weight excluding hydrogens is 447 g/mol. The first kappa shape index (κ1) is 23.8. The molecule has 2 atom stereocenters. The highest BCUT2D eigenvalue weighted by Gasteiger charge is 2.38. The molecule has 0 aromatic heterocycles. The predicted molar refractivity (Wildman–Crippen MR) is 124 cm³/mol. The third-order valence-electron chi connectivity index (χ3n) is 5.74. The fraction of sp³-hybridized carbons (Fsp3) is 0.480. The Bertz CT molecular complexity index is 968. The van der Waals surface area contributed by atoms with E-state index in [-0.39, 0.29) is 30.7 Å². The minimum Gasteiger partial charge on any atom is -0.490 e. The first-order chi connectivity index (χ1) is 15.7. The van der Waals surface area contributed by atoms with Gasteiger partial charge in [-0.25, -0.2) is 9.18 Å². The maximum Gasteiger partial charge on any atom is 0.410 e. The molecule has 4 rings (SSSR count). The van der Waals surface area contributed by atoms with Gasteiger partial charge in [0.25, 0.3) is 0 Å². The molecule has 1 amide bonds. The molecule has 0 saturated carbocycles. The predicted octanol–water partition coefficient (Wildman–Crippen LogP) is 5.05. The standard InChI is InChI=1S/C25H30ClFN2O4/c1-25(2,3)33-24(30)29-10-8-28(9-11-29)23-20-6-4-5-7-21(20)32-16-22(23)31-15-17-12-18(26)14-19(27)13-17/h4-7,12-14,22-23H,8-11,15-16H2,1-3H3/t22-,23-/m1/s1. The van der Waals surface area contributed by atoms with Crippen LogP contribution in [-0.2, 0) is 16.1 Å². The summed E-state index contributed by atoms with van der Waals surface area (Å²) in [6.45, 7) is 8.73. The van der Waals surface area contributed by atoms with E-state index in [1.807, 2.05) is 39.0 Å². The second-order valence-corrected chi connectivity index (χ2v) is 9.86. The molecule has 33 heavy (non-hydrogen) atoms. The van der Waals surface area contributed by atoms with Gasteiger partial charge in [0, 0.05) is 36.8 Å². The van der Waals surface area contributed by atoms with Gasteiger partial charge in [-0.3, -0.25) is 4.90 Å². The lowest BCUT2D eigenvalue weighted by atomic mass is 9.95. The smallest absolute Gasteiger partial charge is 0.410 e.